The van der Waals surface area contributed by atoms with E-state index in [4.69, 9.17) is 10.00 Å². The van der Waals surface area contributed by atoms with Gasteiger partial charge in [0, 0.05) is 19.2 Å². The van der Waals surface area contributed by atoms with Crippen molar-refractivity contribution < 1.29 is 4.74 Å². The third kappa shape index (κ3) is 3.43. The number of methoxy groups -OCH3 is 1. The minimum atomic E-state index is 0.513. The molecule has 1 heterocycles. The van der Waals surface area contributed by atoms with Crippen molar-refractivity contribution in [3.05, 3.63) is 18.2 Å². The van der Waals surface area contributed by atoms with E-state index in [0.29, 0.717) is 18.8 Å². The van der Waals surface area contributed by atoms with Gasteiger partial charge in [-0.05, 0) is 12.5 Å². The van der Waals surface area contributed by atoms with Gasteiger partial charge in [0.15, 0.2) is 0 Å². The van der Waals surface area contributed by atoms with Gasteiger partial charge in [0.2, 0.25) is 5.88 Å². The van der Waals surface area contributed by atoms with E-state index in [0.717, 1.165) is 18.8 Å². The summed E-state index contributed by atoms with van der Waals surface area (Å²) in [7, 11) is 1.60. The molecule has 0 aliphatic carbocycles. The van der Waals surface area contributed by atoms with Crippen LogP contribution in [0.5, 0.6) is 5.88 Å². The zero-order valence-corrected chi connectivity index (χ0v) is 9.81. The second-order valence-corrected chi connectivity index (χ2v) is 3.43. The van der Waals surface area contributed by atoms with Crippen molar-refractivity contribution >= 4 is 5.82 Å². The number of rotatable bonds is 6. The standard InChI is InChI=1S/C12H17N3O/c1-3-9-15(10-5-8-13)11-6-4-7-12(14-11)16-2/h4,6-7H,3,5,9-10H2,1-2H3. The Kier molecular flexibility index (Phi) is 5.13. The number of nitriles is 1. The Morgan fingerprint density at radius 3 is 2.88 bits per heavy atom. The predicted molar refractivity (Wildman–Crippen MR) is 63.5 cm³/mol. The minimum absolute atomic E-state index is 0.513. The molecule has 0 saturated carbocycles. The van der Waals surface area contributed by atoms with Crippen molar-refractivity contribution in [2.75, 3.05) is 25.1 Å². The SMILES string of the molecule is CCCN(CCC#N)c1cccc(OC)n1. The monoisotopic (exact) mass is 219 g/mol. The van der Waals surface area contributed by atoms with E-state index in [1.807, 2.05) is 18.2 Å². The number of aromatic nitrogens is 1. The fourth-order valence-electron chi connectivity index (χ4n) is 1.49. The lowest BCUT2D eigenvalue weighted by molar-refractivity contribution is 0.398. The van der Waals surface area contributed by atoms with Gasteiger partial charge in [0.1, 0.15) is 5.82 Å². The summed E-state index contributed by atoms with van der Waals surface area (Å²) in [6.45, 7) is 3.73. The first-order chi connectivity index (χ1) is 7.81. The number of hydrogen-bond donors (Lipinski definition) is 0. The van der Waals surface area contributed by atoms with Crippen LogP contribution in [0, 0.1) is 11.3 Å². The van der Waals surface area contributed by atoms with Crippen LogP contribution < -0.4 is 9.64 Å². The highest BCUT2D eigenvalue weighted by atomic mass is 16.5. The number of nitrogens with zero attached hydrogens (tertiary/aromatic N) is 3. The molecule has 1 aromatic rings. The summed E-state index contributed by atoms with van der Waals surface area (Å²) >= 11 is 0. The van der Waals surface area contributed by atoms with Gasteiger partial charge in [0.05, 0.1) is 19.6 Å². The predicted octanol–water partition coefficient (Wildman–Crippen LogP) is 2.22. The van der Waals surface area contributed by atoms with Crippen LogP contribution in [0.2, 0.25) is 0 Å². The number of ether oxygens (including phenoxy) is 1. The molecule has 0 spiro atoms. The van der Waals surface area contributed by atoms with E-state index in [1.165, 1.54) is 0 Å². The summed E-state index contributed by atoms with van der Waals surface area (Å²) in [5.41, 5.74) is 0. The van der Waals surface area contributed by atoms with Gasteiger partial charge in [-0.2, -0.15) is 10.2 Å². The van der Waals surface area contributed by atoms with Crippen molar-refractivity contribution in [3.8, 4) is 11.9 Å². The lowest BCUT2D eigenvalue weighted by Gasteiger charge is -2.22. The molecular weight excluding hydrogens is 202 g/mol. The van der Waals surface area contributed by atoms with Gasteiger partial charge in [-0.3, -0.25) is 0 Å². The van der Waals surface area contributed by atoms with Crippen LogP contribution in [0.3, 0.4) is 0 Å². The molecule has 0 bridgehead atoms. The lowest BCUT2D eigenvalue weighted by atomic mass is 10.3. The molecule has 0 unspecified atom stereocenters. The highest BCUT2D eigenvalue weighted by molar-refractivity contribution is 5.40. The van der Waals surface area contributed by atoms with E-state index in [1.54, 1.807) is 7.11 Å². The van der Waals surface area contributed by atoms with Crippen LogP contribution in [0.15, 0.2) is 18.2 Å². The summed E-state index contributed by atoms with van der Waals surface area (Å²) in [6, 6.07) is 7.82. The summed E-state index contributed by atoms with van der Waals surface area (Å²) < 4.78 is 5.08. The normalized spacial score (nSPS) is 9.56. The summed E-state index contributed by atoms with van der Waals surface area (Å²) in [5, 5.41) is 8.61. The van der Waals surface area contributed by atoms with Gasteiger partial charge in [-0.25, -0.2) is 0 Å². The molecule has 0 atom stereocenters. The fraction of sp³-hybridized carbons (Fsp3) is 0.500. The van der Waals surface area contributed by atoms with Crippen LogP contribution in [0.1, 0.15) is 19.8 Å². The third-order valence-corrected chi connectivity index (χ3v) is 2.23. The molecule has 1 rings (SSSR count). The lowest BCUT2D eigenvalue weighted by Crippen LogP contribution is -2.26. The van der Waals surface area contributed by atoms with Crippen LogP contribution in [-0.2, 0) is 0 Å². The van der Waals surface area contributed by atoms with Gasteiger partial charge in [0.25, 0.3) is 0 Å². The summed E-state index contributed by atoms with van der Waals surface area (Å²) in [4.78, 5) is 6.46. The highest BCUT2D eigenvalue weighted by Crippen LogP contribution is 2.16. The fourth-order valence-corrected chi connectivity index (χ4v) is 1.49. The van der Waals surface area contributed by atoms with E-state index in [9.17, 15) is 0 Å². The van der Waals surface area contributed by atoms with Gasteiger partial charge in [-0.15, -0.1) is 0 Å². The first kappa shape index (κ1) is 12.3. The van der Waals surface area contributed by atoms with Crippen LogP contribution in [0.25, 0.3) is 0 Å². The highest BCUT2D eigenvalue weighted by Gasteiger charge is 2.07. The smallest absolute Gasteiger partial charge is 0.214 e. The average molecular weight is 219 g/mol. The van der Waals surface area contributed by atoms with Gasteiger partial charge < -0.3 is 9.64 Å². The molecule has 1 aromatic heterocycles. The van der Waals surface area contributed by atoms with Gasteiger partial charge >= 0.3 is 0 Å². The Bertz CT molecular complexity index is 360. The third-order valence-electron chi connectivity index (χ3n) is 2.23. The molecule has 0 aromatic carbocycles. The largest absolute Gasteiger partial charge is 0.481 e. The molecule has 4 nitrogen and oxygen atoms in total. The maximum absolute atomic E-state index is 8.61. The topological polar surface area (TPSA) is 49.2 Å². The zero-order valence-electron chi connectivity index (χ0n) is 9.81. The number of pyridine rings is 1. The molecule has 0 fully saturated rings. The molecule has 86 valence electrons. The molecule has 16 heavy (non-hydrogen) atoms. The molecule has 0 aliphatic rings. The van der Waals surface area contributed by atoms with E-state index >= 15 is 0 Å². The molecular formula is C12H17N3O. The summed E-state index contributed by atoms with van der Waals surface area (Å²) in [5.74, 6) is 1.48. The van der Waals surface area contributed by atoms with E-state index in [-0.39, 0.29) is 0 Å². The van der Waals surface area contributed by atoms with Crippen LogP contribution in [0.4, 0.5) is 5.82 Å². The molecule has 0 saturated heterocycles. The second kappa shape index (κ2) is 6.67. The summed E-state index contributed by atoms with van der Waals surface area (Å²) in [6.07, 6.45) is 1.54. The first-order valence-electron chi connectivity index (χ1n) is 5.44. The number of anilines is 1. The molecule has 0 amide bonds. The van der Waals surface area contributed by atoms with Crippen molar-refractivity contribution in [1.82, 2.24) is 4.98 Å². The van der Waals surface area contributed by atoms with Crippen molar-refractivity contribution in [1.29, 1.82) is 5.26 Å². The quantitative estimate of drug-likeness (QED) is 0.736. The Hall–Kier alpha value is -1.76. The molecule has 0 aliphatic heterocycles. The maximum Gasteiger partial charge on any atom is 0.214 e. The average Bonchev–Trinajstić information content (AvgIpc) is 2.34. The van der Waals surface area contributed by atoms with Gasteiger partial charge in [-0.1, -0.05) is 13.0 Å². The van der Waals surface area contributed by atoms with E-state index < -0.39 is 0 Å². The van der Waals surface area contributed by atoms with E-state index in [2.05, 4.69) is 22.9 Å². The molecule has 0 N–H and O–H groups in total. The molecule has 0 radical (unpaired) electrons. The van der Waals surface area contributed by atoms with Crippen molar-refractivity contribution in [2.45, 2.75) is 19.8 Å². The second-order valence-electron chi connectivity index (χ2n) is 3.43. The Labute approximate surface area is 96.5 Å². The maximum atomic E-state index is 8.61. The Morgan fingerprint density at radius 2 is 2.25 bits per heavy atom. The van der Waals surface area contributed by atoms with Crippen LogP contribution in [-0.4, -0.2) is 25.2 Å². The van der Waals surface area contributed by atoms with Crippen molar-refractivity contribution in [2.24, 2.45) is 0 Å². The van der Waals surface area contributed by atoms with Crippen molar-refractivity contribution in [3.63, 3.8) is 0 Å². The zero-order chi connectivity index (χ0) is 11.8. The Balaban J connectivity index is 2.78. The minimum Gasteiger partial charge on any atom is -0.481 e. The molecule has 4 heteroatoms. The number of hydrogen-bond acceptors (Lipinski definition) is 4. The Morgan fingerprint density at radius 1 is 1.44 bits per heavy atom. The van der Waals surface area contributed by atoms with Crippen LogP contribution >= 0.6 is 0 Å². The first-order valence-corrected chi connectivity index (χ1v) is 5.44.